The molecule has 0 aliphatic heterocycles. The number of aromatic nitrogens is 4. The van der Waals surface area contributed by atoms with Crippen LogP contribution in [0.2, 0.25) is 0 Å². The molecule has 0 bridgehead atoms. The molecule has 7 nitrogen and oxygen atoms in total. The number of rotatable bonds is 4. The van der Waals surface area contributed by atoms with E-state index in [0.717, 1.165) is 30.0 Å². The third kappa shape index (κ3) is 3.90. The first-order chi connectivity index (χ1) is 11.6. The summed E-state index contributed by atoms with van der Waals surface area (Å²) in [6.45, 7) is 2.37. The number of carbonyl (C=O) groups excluding carboxylic acids is 1. The SMILES string of the molecule is Cc1cc(NC(=O)N(C)Cc2cnccn2)n(C2CCCCC2)n1. The predicted octanol–water partition coefficient (Wildman–Crippen LogP) is 3.15. The second-order valence-corrected chi connectivity index (χ2v) is 6.39. The number of amides is 2. The third-order valence-corrected chi connectivity index (χ3v) is 4.38. The lowest BCUT2D eigenvalue weighted by molar-refractivity contribution is 0.219. The van der Waals surface area contributed by atoms with E-state index in [-0.39, 0.29) is 6.03 Å². The van der Waals surface area contributed by atoms with Crippen LogP contribution in [0.15, 0.2) is 24.7 Å². The van der Waals surface area contributed by atoms with E-state index in [1.165, 1.54) is 19.3 Å². The van der Waals surface area contributed by atoms with E-state index in [1.54, 1.807) is 30.5 Å². The molecule has 0 radical (unpaired) electrons. The van der Waals surface area contributed by atoms with Gasteiger partial charge >= 0.3 is 6.03 Å². The van der Waals surface area contributed by atoms with E-state index in [2.05, 4.69) is 20.4 Å². The number of urea groups is 1. The number of carbonyl (C=O) groups is 1. The van der Waals surface area contributed by atoms with Crippen LogP contribution in [-0.2, 0) is 6.54 Å². The minimum atomic E-state index is -0.169. The summed E-state index contributed by atoms with van der Waals surface area (Å²) in [5.74, 6) is 0.774. The van der Waals surface area contributed by atoms with Crippen LogP contribution in [0.3, 0.4) is 0 Å². The molecule has 2 amide bonds. The molecule has 0 unspecified atom stereocenters. The molecule has 7 heteroatoms. The van der Waals surface area contributed by atoms with Gasteiger partial charge in [0.2, 0.25) is 0 Å². The smallest absolute Gasteiger partial charge is 0.322 e. The van der Waals surface area contributed by atoms with E-state index in [9.17, 15) is 4.79 Å². The maximum absolute atomic E-state index is 12.5. The fourth-order valence-electron chi connectivity index (χ4n) is 3.15. The van der Waals surface area contributed by atoms with Gasteiger partial charge < -0.3 is 4.90 Å². The van der Waals surface area contributed by atoms with Gasteiger partial charge in [-0.15, -0.1) is 0 Å². The lowest BCUT2D eigenvalue weighted by Crippen LogP contribution is -2.32. The molecule has 2 heterocycles. The summed E-state index contributed by atoms with van der Waals surface area (Å²) >= 11 is 0. The minimum absolute atomic E-state index is 0.169. The van der Waals surface area contributed by atoms with Crippen LogP contribution < -0.4 is 5.32 Å². The molecule has 1 aliphatic rings. The zero-order valence-corrected chi connectivity index (χ0v) is 14.3. The van der Waals surface area contributed by atoms with E-state index >= 15 is 0 Å². The molecule has 128 valence electrons. The van der Waals surface area contributed by atoms with E-state index in [0.29, 0.717) is 12.6 Å². The number of nitrogens with zero attached hydrogens (tertiary/aromatic N) is 5. The Hall–Kier alpha value is -2.44. The Labute approximate surface area is 142 Å². The molecule has 2 aromatic rings. The van der Waals surface area contributed by atoms with Crippen LogP contribution in [-0.4, -0.2) is 37.7 Å². The summed E-state index contributed by atoms with van der Waals surface area (Å²) in [6, 6.07) is 2.15. The molecule has 0 spiro atoms. The molecule has 1 fully saturated rings. The number of anilines is 1. The van der Waals surface area contributed by atoms with E-state index < -0.39 is 0 Å². The van der Waals surface area contributed by atoms with Gasteiger partial charge in [-0.05, 0) is 19.8 Å². The summed E-state index contributed by atoms with van der Waals surface area (Å²) in [7, 11) is 1.75. The van der Waals surface area contributed by atoms with E-state index in [4.69, 9.17) is 0 Å². The first kappa shape index (κ1) is 16.4. The highest BCUT2D eigenvalue weighted by atomic mass is 16.2. The molecule has 2 aromatic heterocycles. The quantitative estimate of drug-likeness (QED) is 0.935. The molecular formula is C17H24N6O. The van der Waals surface area contributed by atoms with Gasteiger partial charge in [-0.1, -0.05) is 19.3 Å². The zero-order chi connectivity index (χ0) is 16.9. The van der Waals surface area contributed by atoms with E-state index in [1.807, 2.05) is 17.7 Å². The lowest BCUT2D eigenvalue weighted by atomic mass is 9.96. The monoisotopic (exact) mass is 328 g/mol. The van der Waals surface area contributed by atoms with Crippen molar-refractivity contribution in [3.8, 4) is 0 Å². The second-order valence-electron chi connectivity index (χ2n) is 6.39. The summed E-state index contributed by atoms with van der Waals surface area (Å²) in [6.07, 6.45) is 10.9. The largest absolute Gasteiger partial charge is 0.323 e. The minimum Gasteiger partial charge on any atom is -0.322 e. The van der Waals surface area contributed by atoms with Crippen LogP contribution in [0.4, 0.5) is 10.6 Å². The van der Waals surface area contributed by atoms with Gasteiger partial charge in [0.15, 0.2) is 0 Å². The van der Waals surface area contributed by atoms with Crippen molar-refractivity contribution in [1.29, 1.82) is 0 Å². The maximum atomic E-state index is 12.5. The third-order valence-electron chi connectivity index (χ3n) is 4.38. The van der Waals surface area contributed by atoms with Gasteiger partial charge in [0.25, 0.3) is 0 Å². The Morgan fingerprint density at radius 3 is 2.83 bits per heavy atom. The Morgan fingerprint density at radius 1 is 1.33 bits per heavy atom. The first-order valence-electron chi connectivity index (χ1n) is 8.46. The van der Waals surface area contributed by atoms with Crippen molar-refractivity contribution in [2.24, 2.45) is 0 Å². The average Bonchev–Trinajstić information content (AvgIpc) is 2.97. The zero-order valence-electron chi connectivity index (χ0n) is 14.3. The van der Waals surface area contributed by atoms with Crippen molar-refractivity contribution in [2.45, 2.75) is 51.6 Å². The molecule has 0 aromatic carbocycles. The van der Waals surface area contributed by atoms with Crippen LogP contribution in [0.5, 0.6) is 0 Å². The highest BCUT2D eigenvalue weighted by Crippen LogP contribution is 2.30. The van der Waals surface area contributed by atoms with Gasteiger partial charge in [-0.25, -0.2) is 9.48 Å². The first-order valence-corrected chi connectivity index (χ1v) is 8.46. The standard InChI is InChI=1S/C17H24N6O/c1-13-10-16(23(21-13)15-6-4-3-5-7-15)20-17(24)22(2)12-14-11-18-8-9-19-14/h8-11,15H,3-7,12H2,1-2H3,(H,20,24). The van der Waals surface area contributed by atoms with Crippen molar-refractivity contribution in [3.05, 3.63) is 36.0 Å². The molecule has 1 N–H and O–H groups in total. The predicted molar refractivity (Wildman–Crippen MR) is 91.6 cm³/mol. The van der Waals surface area contributed by atoms with Crippen molar-refractivity contribution < 1.29 is 4.79 Å². The highest BCUT2D eigenvalue weighted by Gasteiger charge is 2.21. The van der Waals surface area contributed by atoms with Crippen LogP contribution in [0.1, 0.15) is 49.5 Å². The lowest BCUT2D eigenvalue weighted by Gasteiger charge is -2.24. The fraction of sp³-hybridized carbons (Fsp3) is 0.529. The molecule has 24 heavy (non-hydrogen) atoms. The summed E-state index contributed by atoms with van der Waals surface area (Å²) in [4.78, 5) is 22.3. The summed E-state index contributed by atoms with van der Waals surface area (Å²) in [5.41, 5.74) is 1.68. The number of nitrogens with one attached hydrogen (secondary N) is 1. The Bertz CT molecular complexity index is 678. The topological polar surface area (TPSA) is 75.9 Å². The van der Waals surface area contributed by atoms with Crippen molar-refractivity contribution in [2.75, 3.05) is 12.4 Å². The van der Waals surface area contributed by atoms with Crippen molar-refractivity contribution in [3.63, 3.8) is 0 Å². The number of aryl methyl sites for hydroxylation is 1. The fourth-order valence-corrected chi connectivity index (χ4v) is 3.15. The molecule has 0 atom stereocenters. The highest BCUT2D eigenvalue weighted by molar-refractivity contribution is 5.88. The van der Waals surface area contributed by atoms with Crippen LogP contribution in [0.25, 0.3) is 0 Å². The Morgan fingerprint density at radius 2 is 2.12 bits per heavy atom. The molecule has 0 saturated heterocycles. The van der Waals surface area contributed by atoms with Gasteiger partial charge in [-0.2, -0.15) is 5.10 Å². The van der Waals surface area contributed by atoms with Gasteiger partial charge in [0, 0.05) is 25.5 Å². The van der Waals surface area contributed by atoms with Gasteiger partial charge in [0.1, 0.15) is 5.82 Å². The molecule has 1 saturated carbocycles. The Balaban J connectivity index is 1.67. The Kier molecular flexibility index (Phi) is 5.08. The van der Waals surface area contributed by atoms with Crippen molar-refractivity contribution in [1.82, 2.24) is 24.6 Å². The second kappa shape index (κ2) is 7.42. The molecule has 1 aliphatic carbocycles. The maximum Gasteiger partial charge on any atom is 0.323 e. The normalized spacial score (nSPS) is 15.2. The summed E-state index contributed by atoms with van der Waals surface area (Å²) < 4.78 is 1.99. The van der Waals surface area contributed by atoms with Crippen LogP contribution >= 0.6 is 0 Å². The molecular weight excluding hydrogens is 304 g/mol. The van der Waals surface area contributed by atoms with Crippen molar-refractivity contribution >= 4 is 11.8 Å². The average molecular weight is 328 g/mol. The summed E-state index contributed by atoms with van der Waals surface area (Å²) in [5, 5.41) is 7.58. The van der Waals surface area contributed by atoms with Crippen LogP contribution in [0, 0.1) is 6.92 Å². The van der Waals surface area contributed by atoms with Gasteiger partial charge in [0.05, 0.1) is 30.2 Å². The van der Waals surface area contributed by atoms with Gasteiger partial charge in [-0.3, -0.25) is 15.3 Å². The number of hydrogen-bond donors (Lipinski definition) is 1. The number of hydrogen-bond acceptors (Lipinski definition) is 4. The molecule has 3 rings (SSSR count).